The zero-order valence-electron chi connectivity index (χ0n) is 18.6. The highest BCUT2D eigenvalue weighted by Gasteiger charge is 2.33. The van der Waals surface area contributed by atoms with Crippen LogP contribution in [0.15, 0.2) is 60.8 Å². The van der Waals surface area contributed by atoms with Crippen molar-refractivity contribution >= 4 is 23.3 Å². The van der Waals surface area contributed by atoms with Crippen LogP contribution >= 0.6 is 11.6 Å². The van der Waals surface area contributed by atoms with E-state index < -0.39 is 16.8 Å². The second kappa shape index (κ2) is 11.8. The van der Waals surface area contributed by atoms with E-state index in [2.05, 4.69) is 10.3 Å². The third kappa shape index (κ3) is 7.80. The van der Waals surface area contributed by atoms with Crippen LogP contribution in [0, 0.1) is 0 Å². The number of aromatic nitrogens is 1. The summed E-state index contributed by atoms with van der Waals surface area (Å²) in [6, 6.07) is 13.7. The summed E-state index contributed by atoms with van der Waals surface area (Å²) in [6.45, 7) is 0.657. The smallest absolute Gasteiger partial charge is 0.417 e. The Morgan fingerprint density at radius 1 is 1.00 bits per heavy atom. The molecule has 0 unspecified atom stereocenters. The zero-order chi connectivity index (χ0) is 25.4. The predicted octanol–water partition coefficient (Wildman–Crippen LogP) is 4.98. The molecule has 0 fully saturated rings. The van der Waals surface area contributed by atoms with Gasteiger partial charge in [0.15, 0.2) is 0 Å². The molecule has 0 aliphatic rings. The third-order valence-corrected chi connectivity index (χ3v) is 5.31. The Bertz CT molecular complexity index is 1180. The number of halogens is 4. The number of nitrogens with two attached hydrogens (primary N) is 1. The molecule has 184 valence electrons. The highest BCUT2D eigenvalue weighted by molar-refractivity contribution is 6.31. The van der Waals surface area contributed by atoms with Gasteiger partial charge in [0, 0.05) is 38.2 Å². The molecular weight excluding hydrogens is 483 g/mol. The minimum atomic E-state index is -4.57. The third-order valence-electron chi connectivity index (χ3n) is 4.98. The van der Waals surface area contributed by atoms with Gasteiger partial charge in [-0.3, -0.25) is 14.6 Å². The molecular formula is C25H23ClF3N3O3. The fourth-order valence-corrected chi connectivity index (χ4v) is 3.46. The number of amides is 1. The van der Waals surface area contributed by atoms with E-state index in [1.807, 2.05) is 0 Å². The molecule has 0 aliphatic carbocycles. The summed E-state index contributed by atoms with van der Waals surface area (Å²) in [5.74, 6) is 0.426. The average molecular weight is 506 g/mol. The summed E-state index contributed by atoms with van der Waals surface area (Å²) in [6.07, 6.45) is -2.61. The minimum Gasteiger partial charge on any atom is -0.457 e. The van der Waals surface area contributed by atoms with Crippen molar-refractivity contribution in [3.05, 3.63) is 88.2 Å². The molecule has 10 heteroatoms. The SMILES string of the molecule is NCCNC(=O)c1cc(Oc2ccc(CCC(=O)Cc3ccc(Cl)c(C(F)(F)F)c3)cc2)ccn1. The molecule has 2 aromatic carbocycles. The molecule has 0 saturated carbocycles. The van der Waals surface area contributed by atoms with Crippen molar-refractivity contribution in [2.45, 2.75) is 25.4 Å². The summed E-state index contributed by atoms with van der Waals surface area (Å²) in [5, 5.41) is 2.24. The lowest BCUT2D eigenvalue weighted by molar-refractivity contribution is -0.137. The number of nitrogens with zero attached hydrogens (tertiary/aromatic N) is 1. The summed E-state index contributed by atoms with van der Waals surface area (Å²) in [5.41, 5.74) is 5.77. The number of alkyl halides is 3. The van der Waals surface area contributed by atoms with Crippen molar-refractivity contribution in [3.63, 3.8) is 0 Å². The normalized spacial score (nSPS) is 11.2. The monoisotopic (exact) mass is 505 g/mol. The Hall–Kier alpha value is -3.43. The zero-order valence-corrected chi connectivity index (χ0v) is 19.3. The molecule has 0 radical (unpaired) electrons. The molecule has 3 aromatic rings. The number of aryl methyl sites for hydroxylation is 1. The second-order valence-electron chi connectivity index (χ2n) is 7.69. The molecule has 1 heterocycles. The largest absolute Gasteiger partial charge is 0.457 e. The topological polar surface area (TPSA) is 94.3 Å². The van der Waals surface area contributed by atoms with Gasteiger partial charge in [-0.25, -0.2) is 0 Å². The van der Waals surface area contributed by atoms with E-state index in [1.165, 1.54) is 18.3 Å². The first-order valence-corrected chi connectivity index (χ1v) is 11.1. The van der Waals surface area contributed by atoms with Gasteiger partial charge in [-0.05, 0) is 47.9 Å². The van der Waals surface area contributed by atoms with E-state index in [9.17, 15) is 22.8 Å². The quantitative estimate of drug-likeness (QED) is 0.405. The highest BCUT2D eigenvalue weighted by Crippen LogP contribution is 2.35. The number of Topliss-reactive ketones (excluding diaryl/α,β-unsaturated/α-hetero) is 1. The number of rotatable bonds is 10. The van der Waals surface area contributed by atoms with Gasteiger partial charge in [-0.15, -0.1) is 0 Å². The van der Waals surface area contributed by atoms with Gasteiger partial charge < -0.3 is 15.8 Å². The number of ketones is 1. The number of carbonyl (C=O) groups is 2. The summed E-state index contributed by atoms with van der Waals surface area (Å²) in [7, 11) is 0. The number of ether oxygens (including phenoxy) is 1. The maximum atomic E-state index is 13.0. The summed E-state index contributed by atoms with van der Waals surface area (Å²) < 4.78 is 44.8. The van der Waals surface area contributed by atoms with Crippen molar-refractivity contribution in [3.8, 4) is 11.5 Å². The first-order valence-electron chi connectivity index (χ1n) is 10.7. The van der Waals surface area contributed by atoms with Crippen molar-refractivity contribution < 1.29 is 27.5 Å². The Balaban J connectivity index is 1.54. The van der Waals surface area contributed by atoms with Crippen LogP contribution in [0.5, 0.6) is 11.5 Å². The summed E-state index contributed by atoms with van der Waals surface area (Å²) >= 11 is 5.62. The Morgan fingerprint density at radius 2 is 1.71 bits per heavy atom. The molecule has 0 atom stereocenters. The molecule has 0 bridgehead atoms. The Labute approximate surface area is 205 Å². The van der Waals surface area contributed by atoms with Crippen LogP contribution in [-0.4, -0.2) is 29.8 Å². The van der Waals surface area contributed by atoms with Gasteiger partial charge in [0.2, 0.25) is 0 Å². The number of hydrogen-bond donors (Lipinski definition) is 2. The maximum Gasteiger partial charge on any atom is 0.417 e. The van der Waals surface area contributed by atoms with Gasteiger partial charge in [-0.2, -0.15) is 13.2 Å². The van der Waals surface area contributed by atoms with Crippen LogP contribution in [0.3, 0.4) is 0 Å². The fraction of sp³-hybridized carbons (Fsp3) is 0.240. The molecule has 1 aromatic heterocycles. The molecule has 1 amide bonds. The van der Waals surface area contributed by atoms with E-state index in [0.29, 0.717) is 31.0 Å². The lowest BCUT2D eigenvalue weighted by atomic mass is 10.0. The van der Waals surface area contributed by atoms with E-state index >= 15 is 0 Å². The van der Waals surface area contributed by atoms with E-state index in [4.69, 9.17) is 22.1 Å². The van der Waals surface area contributed by atoms with Crippen LogP contribution in [0.2, 0.25) is 5.02 Å². The molecule has 0 saturated heterocycles. The predicted molar refractivity (Wildman–Crippen MR) is 126 cm³/mol. The molecule has 3 N–H and O–H groups in total. The first-order chi connectivity index (χ1) is 16.7. The maximum absolute atomic E-state index is 13.0. The first kappa shape index (κ1) is 26.2. The molecule has 6 nitrogen and oxygen atoms in total. The number of hydrogen-bond acceptors (Lipinski definition) is 5. The lowest BCUT2D eigenvalue weighted by Gasteiger charge is -2.11. The van der Waals surface area contributed by atoms with Gasteiger partial charge in [0.1, 0.15) is 23.0 Å². The van der Waals surface area contributed by atoms with Crippen LogP contribution in [0.1, 0.15) is 33.6 Å². The van der Waals surface area contributed by atoms with E-state index in [-0.39, 0.29) is 35.8 Å². The van der Waals surface area contributed by atoms with Crippen molar-refractivity contribution in [2.75, 3.05) is 13.1 Å². The fourth-order valence-electron chi connectivity index (χ4n) is 3.23. The number of pyridine rings is 1. The van der Waals surface area contributed by atoms with Crippen molar-refractivity contribution in [1.82, 2.24) is 10.3 Å². The van der Waals surface area contributed by atoms with Crippen molar-refractivity contribution in [2.24, 2.45) is 5.73 Å². The van der Waals surface area contributed by atoms with Crippen molar-refractivity contribution in [1.29, 1.82) is 0 Å². The van der Waals surface area contributed by atoms with Crippen LogP contribution in [0.4, 0.5) is 13.2 Å². The average Bonchev–Trinajstić information content (AvgIpc) is 2.83. The highest BCUT2D eigenvalue weighted by atomic mass is 35.5. The number of nitrogens with one attached hydrogen (secondary N) is 1. The molecule has 0 aliphatic heterocycles. The molecule has 35 heavy (non-hydrogen) atoms. The van der Waals surface area contributed by atoms with E-state index in [0.717, 1.165) is 17.7 Å². The van der Waals surface area contributed by atoms with Gasteiger partial charge in [-0.1, -0.05) is 29.8 Å². The van der Waals surface area contributed by atoms with Crippen LogP contribution in [-0.2, 0) is 23.8 Å². The lowest BCUT2D eigenvalue weighted by Crippen LogP contribution is -2.29. The van der Waals surface area contributed by atoms with Gasteiger partial charge in [0.25, 0.3) is 5.91 Å². The molecule has 3 rings (SSSR count). The number of carbonyl (C=O) groups excluding carboxylic acids is 2. The van der Waals surface area contributed by atoms with Crippen LogP contribution in [0.25, 0.3) is 0 Å². The van der Waals surface area contributed by atoms with Gasteiger partial charge in [0.05, 0.1) is 10.6 Å². The molecule has 0 spiro atoms. The van der Waals surface area contributed by atoms with Crippen LogP contribution < -0.4 is 15.8 Å². The second-order valence-corrected chi connectivity index (χ2v) is 8.10. The number of benzene rings is 2. The Kier molecular flexibility index (Phi) is 8.84. The standard InChI is InChI=1S/C25H23ClF3N3O3/c26-22-8-4-17(14-21(22)25(27,28)29)13-18(33)5-1-16-2-6-19(7-3-16)35-20-9-11-31-23(15-20)24(34)32-12-10-30/h2-4,6-9,11,14-15H,1,5,10,12-13,30H2,(H,32,34). The van der Waals surface area contributed by atoms with E-state index in [1.54, 1.807) is 30.3 Å². The van der Waals surface area contributed by atoms with Gasteiger partial charge >= 0.3 is 6.18 Å². The summed E-state index contributed by atoms with van der Waals surface area (Å²) in [4.78, 5) is 28.3. The minimum absolute atomic E-state index is 0.106. The Morgan fingerprint density at radius 3 is 2.40 bits per heavy atom.